The van der Waals surface area contributed by atoms with Gasteiger partial charge in [0.1, 0.15) is 9.84 Å². The molecule has 0 radical (unpaired) electrons. The smallest absolute Gasteiger partial charge is 0.150 e. The number of nitriles is 1. The van der Waals surface area contributed by atoms with Gasteiger partial charge in [0.2, 0.25) is 0 Å². The molecule has 2 aliphatic rings. The fourth-order valence-electron chi connectivity index (χ4n) is 2.99. The van der Waals surface area contributed by atoms with Gasteiger partial charge in [0, 0.05) is 5.75 Å². The van der Waals surface area contributed by atoms with Crippen molar-refractivity contribution < 1.29 is 13.2 Å². The Balaban J connectivity index is 2.01. The SMILES string of the molecule is CCCS(=O)(=O)CCC1(C#N)CC2CCC1O2. The Bertz CT molecular complexity index is 426. The van der Waals surface area contributed by atoms with E-state index in [1.165, 1.54) is 0 Å². The average molecular weight is 257 g/mol. The lowest BCUT2D eigenvalue weighted by molar-refractivity contribution is 0.0779. The molecule has 2 saturated heterocycles. The predicted octanol–water partition coefficient (Wildman–Crippen LogP) is 1.66. The van der Waals surface area contributed by atoms with Gasteiger partial charge >= 0.3 is 0 Å². The highest BCUT2D eigenvalue weighted by Gasteiger charge is 2.52. The van der Waals surface area contributed by atoms with Crippen molar-refractivity contribution >= 4 is 9.84 Å². The third kappa shape index (κ3) is 2.48. The van der Waals surface area contributed by atoms with Crippen LogP contribution >= 0.6 is 0 Å². The van der Waals surface area contributed by atoms with E-state index < -0.39 is 15.3 Å². The Labute approximate surface area is 103 Å². The monoisotopic (exact) mass is 257 g/mol. The second-order valence-electron chi connectivity index (χ2n) is 5.20. The quantitative estimate of drug-likeness (QED) is 0.751. The molecule has 3 atom stereocenters. The summed E-state index contributed by atoms with van der Waals surface area (Å²) in [6, 6.07) is 2.33. The molecular formula is C12H19NO3S. The van der Waals surface area contributed by atoms with E-state index >= 15 is 0 Å². The normalized spacial score (nSPS) is 36.0. The van der Waals surface area contributed by atoms with Gasteiger partial charge in [-0.25, -0.2) is 8.42 Å². The lowest BCUT2D eigenvalue weighted by Gasteiger charge is -2.27. The van der Waals surface area contributed by atoms with Crippen molar-refractivity contribution in [3.63, 3.8) is 0 Å². The van der Waals surface area contributed by atoms with E-state index in [2.05, 4.69) is 6.07 Å². The standard InChI is InChI=1S/C12H19NO3S/c1-2-6-17(14,15)7-5-12(9-13)8-10-3-4-11(12)16-10/h10-11H,2-8H2,1H3. The van der Waals surface area contributed by atoms with Crippen LogP contribution in [0.2, 0.25) is 0 Å². The number of ether oxygens (including phenoxy) is 1. The van der Waals surface area contributed by atoms with Gasteiger partial charge in [-0.15, -0.1) is 0 Å². The van der Waals surface area contributed by atoms with E-state index in [1.807, 2.05) is 6.92 Å². The third-order valence-electron chi connectivity index (χ3n) is 3.91. The summed E-state index contributed by atoms with van der Waals surface area (Å²) in [6.07, 6.45) is 3.89. The van der Waals surface area contributed by atoms with Gasteiger partial charge in [-0.05, 0) is 32.1 Å². The highest BCUT2D eigenvalue weighted by Crippen LogP contribution is 2.49. The van der Waals surface area contributed by atoms with E-state index in [0.29, 0.717) is 12.8 Å². The van der Waals surface area contributed by atoms with E-state index in [9.17, 15) is 13.7 Å². The fraction of sp³-hybridized carbons (Fsp3) is 0.917. The number of nitrogens with zero attached hydrogens (tertiary/aromatic N) is 1. The topological polar surface area (TPSA) is 67.2 Å². The van der Waals surface area contributed by atoms with Crippen LogP contribution in [0.15, 0.2) is 0 Å². The molecule has 2 bridgehead atoms. The van der Waals surface area contributed by atoms with Crippen LogP contribution in [0.1, 0.15) is 39.0 Å². The van der Waals surface area contributed by atoms with Crippen LogP contribution in [0.25, 0.3) is 0 Å². The molecule has 3 unspecified atom stereocenters. The summed E-state index contributed by atoms with van der Waals surface area (Å²) >= 11 is 0. The maximum absolute atomic E-state index is 11.7. The van der Waals surface area contributed by atoms with Crippen molar-refractivity contribution in [2.24, 2.45) is 5.41 Å². The molecule has 0 amide bonds. The van der Waals surface area contributed by atoms with E-state index in [4.69, 9.17) is 4.74 Å². The van der Waals surface area contributed by atoms with Crippen LogP contribution in [0.5, 0.6) is 0 Å². The van der Waals surface area contributed by atoms with Crippen LogP contribution < -0.4 is 0 Å². The molecule has 0 aromatic rings. The first-order valence-electron chi connectivity index (χ1n) is 6.28. The maximum Gasteiger partial charge on any atom is 0.150 e. The van der Waals surface area contributed by atoms with Crippen molar-refractivity contribution in [2.45, 2.75) is 51.2 Å². The fourth-order valence-corrected chi connectivity index (χ4v) is 4.49. The maximum atomic E-state index is 11.7. The average Bonchev–Trinajstić information content (AvgIpc) is 2.87. The minimum Gasteiger partial charge on any atom is -0.373 e. The Kier molecular flexibility index (Phi) is 3.46. The van der Waals surface area contributed by atoms with Gasteiger partial charge < -0.3 is 4.74 Å². The summed E-state index contributed by atoms with van der Waals surface area (Å²) in [4.78, 5) is 0. The van der Waals surface area contributed by atoms with Crippen LogP contribution in [0, 0.1) is 16.7 Å². The number of hydrogen-bond acceptors (Lipinski definition) is 4. The summed E-state index contributed by atoms with van der Waals surface area (Å²) in [5, 5.41) is 9.34. The minimum absolute atomic E-state index is 0.0330. The Morgan fingerprint density at radius 1 is 1.41 bits per heavy atom. The minimum atomic E-state index is -2.99. The molecule has 0 aromatic heterocycles. The van der Waals surface area contributed by atoms with Crippen molar-refractivity contribution in [2.75, 3.05) is 11.5 Å². The number of rotatable bonds is 5. The zero-order chi connectivity index (χ0) is 12.5. The van der Waals surface area contributed by atoms with Gasteiger partial charge in [0.25, 0.3) is 0 Å². The molecule has 2 aliphatic heterocycles. The molecule has 0 spiro atoms. The lowest BCUT2D eigenvalue weighted by Crippen LogP contribution is -2.33. The molecule has 2 fully saturated rings. The molecule has 0 aromatic carbocycles. The Morgan fingerprint density at radius 3 is 2.65 bits per heavy atom. The summed E-state index contributed by atoms with van der Waals surface area (Å²) in [5.41, 5.74) is -0.538. The molecule has 2 heterocycles. The van der Waals surface area contributed by atoms with E-state index in [0.717, 1.165) is 19.3 Å². The third-order valence-corrected chi connectivity index (χ3v) is 5.77. The summed E-state index contributed by atoms with van der Waals surface area (Å²) in [6.45, 7) is 1.86. The zero-order valence-electron chi connectivity index (χ0n) is 10.2. The first-order chi connectivity index (χ1) is 8.01. The van der Waals surface area contributed by atoms with Crippen molar-refractivity contribution in [3.05, 3.63) is 0 Å². The highest BCUT2D eigenvalue weighted by molar-refractivity contribution is 7.91. The van der Waals surface area contributed by atoms with Gasteiger partial charge in [-0.1, -0.05) is 6.92 Å². The van der Waals surface area contributed by atoms with Crippen LogP contribution in [-0.4, -0.2) is 32.1 Å². The van der Waals surface area contributed by atoms with Crippen LogP contribution in [-0.2, 0) is 14.6 Å². The molecule has 0 N–H and O–H groups in total. The molecular weight excluding hydrogens is 238 g/mol. The summed E-state index contributed by atoms with van der Waals surface area (Å²) in [7, 11) is -2.99. The molecule has 0 aliphatic carbocycles. The van der Waals surface area contributed by atoms with Gasteiger partial charge in [-0.2, -0.15) is 5.26 Å². The largest absolute Gasteiger partial charge is 0.373 e. The number of sulfone groups is 1. The van der Waals surface area contributed by atoms with E-state index in [1.54, 1.807) is 0 Å². The van der Waals surface area contributed by atoms with Crippen molar-refractivity contribution in [1.82, 2.24) is 0 Å². The van der Waals surface area contributed by atoms with E-state index in [-0.39, 0.29) is 23.7 Å². The van der Waals surface area contributed by atoms with Crippen molar-refractivity contribution in [3.8, 4) is 6.07 Å². The second-order valence-corrected chi connectivity index (χ2v) is 7.50. The van der Waals surface area contributed by atoms with Crippen molar-refractivity contribution in [1.29, 1.82) is 5.26 Å². The van der Waals surface area contributed by atoms with Gasteiger partial charge in [0.05, 0.1) is 29.4 Å². The molecule has 5 heteroatoms. The Morgan fingerprint density at radius 2 is 2.18 bits per heavy atom. The molecule has 4 nitrogen and oxygen atoms in total. The van der Waals surface area contributed by atoms with Gasteiger partial charge in [0.15, 0.2) is 0 Å². The van der Waals surface area contributed by atoms with Crippen LogP contribution in [0.3, 0.4) is 0 Å². The molecule has 96 valence electrons. The lowest BCUT2D eigenvalue weighted by atomic mass is 9.73. The first-order valence-corrected chi connectivity index (χ1v) is 8.10. The Hall–Kier alpha value is -0.600. The number of hydrogen-bond donors (Lipinski definition) is 0. The second kappa shape index (κ2) is 4.58. The summed E-state index contributed by atoms with van der Waals surface area (Å²) < 4.78 is 29.1. The molecule has 17 heavy (non-hydrogen) atoms. The number of fused-ring (bicyclic) bond motifs is 2. The van der Waals surface area contributed by atoms with Gasteiger partial charge in [-0.3, -0.25) is 0 Å². The molecule has 2 rings (SSSR count). The summed E-state index contributed by atoms with van der Waals surface area (Å²) in [5.74, 6) is 0.352. The first kappa shape index (κ1) is 12.8. The predicted molar refractivity (Wildman–Crippen MR) is 64.1 cm³/mol. The zero-order valence-corrected chi connectivity index (χ0v) is 11.0. The van der Waals surface area contributed by atoms with Crippen LogP contribution in [0.4, 0.5) is 0 Å². The molecule has 0 saturated carbocycles. The highest BCUT2D eigenvalue weighted by atomic mass is 32.2.